The van der Waals surface area contributed by atoms with Crippen molar-refractivity contribution >= 4 is 16.1 Å². The molecule has 0 spiro atoms. The van der Waals surface area contributed by atoms with Gasteiger partial charge in [0.1, 0.15) is 22.3 Å². The molecule has 1 heterocycles. The fourth-order valence-electron chi connectivity index (χ4n) is 5.50. The Bertz CT molecular complexity index is 1440. The van der Waals surface area contributed by atoms with Gasteiger partial charge in [-0.15, -0.1) is 0 Å². The summed E-state index contributed by atoms with van der Waals surface area (Å²) in [4.78, 5) is -0.609. The molecule has 0 aliphatic heterocycles. The topological polar surface area (TPSA) is 75.4 Å². The number of sulfonamides is 1. The zero-order chi connectivity index (χ0) is 25.7. The molecule has 1 fully saturated rings. The number of benzene rings is 2. The average molecular weight is 518 g/mol. The normalized spacial score (nSPS) is 21.4. The summed E-state index contributed by atoms with van der Waals surface area (Å²) in [5, 5.41) is 14.1. The van der Waals surface area contributed by atoms with Gasteiger partial charge in [-0.2, -0.15) is 9.40 Å². The van der Waals surface area contributed by atoms with Crippen LogP contribution in [0.25, 0.3) is 11.8 Å². The van der Waals surface area contributed by atoms with E-state index in [0.29, 0.717) is 12.5 Å². The molecular weight excluding hydrogens is 491 g/mol. The number of halogens is 3. The lowest BCUT2D eigenvalue weighted by Crippen LogP contribution is -2.42. The van der Waals surface area contributed by atoms with Crippen molar-refractivity contribution in [2.75, 3.05) is 19.7 Å². The van der Waals surface area contributed by atoms with E-state index in [1.54, 1.807) is 23.0 Å². The number of hydrogen-bond donors (Lipinski definition) is 1. The molecule has 2 aliphatic carbocycles. The van der Waals surface area contributed by atoms with E-state index in [4.69, 9.17) is 0 Å². The Balaban J connectivity index is 1.44. The molecule has 0 bridgehead atoms. The first-order chi connectivity index (χ1) is 17.1. The van der Waals surface area contributed by atoms with Crippen LogP contribution in [0.3, 0.4) is 0 Å². The van der Waals surface area contributed by atoms with Crippen molar-refractivity contribution in [2.45, 2.75) is 31.1 Å². The molecule has 2 aromatic carbocycles. The van der Waals surface area contributed by atoms with Gasteiger partial charge >= 0.3 is 0 Å². The van der Waals surface area contributed by atoms with Gasteiger partial charge in [-0.1, -0.05) is 12.5 Å². The quantitative estimate of drug-likeness (QED) is 0.506. The van der Waals surface area contributed by atoms with Gasteiger partial charge in [-0.05, 0) is 78.6 Å². The molecule has 1 aromatic heterocycles. The first-order valence-corrected chi connectivity index (χ1v) is 13.2. The van der Waals surface area contributed by atoms with Crippen LogP contribution in [0.15, 0.2) is 59.1 Å². The predicted molar refractivity (Wildman–Crippen MR) is 128 cm³/mol. The van der Waals surface area contributed by atoms with Crippen LogP contribution in [0.5, 0.6) is 0 Å². The van der Waals surface area contributed by atoms with Gasteiger partial charge in [0.2, 0.25) is 10.0 Å². The SMILES string of the molecule is C[C@]12Cc3cnn(-c4ccc(F)cc4)c3C=C1CC[C@@H]2CN(CCO)S(=O)(=O)c1ccc(F)cc1F. The molecule has 1 N–H and O–H groups in total. The number of allylic oxidation sites excluding steroid dienone is 1. The lowest BCUT2D eigenvalue weighted by atomic mass is 9.70. The highest BCUT2D eigenvalue weighted by Crippen LogP contribution is 2.53. The lowest BCUT2D eigenvalue weighted by molar-refractivity contribution is 0.194. The molecule has 190 valence electrons. The van der Waals surface area contributed by atoms with E-state index in [0.717, 1.165) is 51.8 Å². The van der Waals surface area contributed by atoms with E-state index in [1.165, 1.54) is 12.1 Å². The number of aliphatic hydroxyl groups is 1. The minimum Gasteiger partial charge on any atom is -0.395 e. The van der Waals surface area contributed by atoms with Gasteiger partial charge in [0.05, 0.1) is 24.2 Å². The molecular formula is C26H26F3N3O3S. The molecule has 0 amide bonds. The zero-order valence-corrected chi connectivity index (χ0v) is 20.5. The largest absolute Gasteiger partial charge is 0.395 e. The summed E-state index contributed by atoms with van der Waals surface area (Å²) in [6, 6.07) is 8.47. The molecule has 2 aliphatic rings. The Kier molecular flexibility index (Phi) is 6.30. The highest BCUT2D eigenvalue weighted by Gasteiger charge is 2.47. The zero-order valence-electron chi connectivity index (χ0n) is 19.7. The third-order valence-electron chi connectivity index (χ3n) is 7.51. The molecule has 0 unspecified atom stereocenters. The van der Waals surface area contributed by atoms with Gasteiger partial charge in [0, 0.05) is 19.2 Å². The second kappa shape index (κ2) is 9.17. The van der Waals surface area contributed by atoms with Crippen LogP contribution in [0.1, 0.15) is 31.0 Å². The summed E-state index contributed by atoms with van der Waals surface area (Å²) in [6.45, 7) is 1.56. The average Bonchev–Trinajstić information content (AvgIpc) is 3.37. The summed E-state index contributed by atoms with van der Waals surface area (Å²) in [5.41, 5.74) is 3.47. The van der Waals surface area contributed by atoms with Crippen molar-refractivity contribution in [3.8, 4) is 5.69 Å². The maximum absolute atomic E-state index is 14.4. The number of rotatable bonds is 7. The summed E-state index contributed by atoms with van der Waals surface area (Å²) >= 11 is 0. The summed E-state index contributed by atoms with van der Waals surface area (Å²) in [7, 11) is -4.29. The third-order valence-corrected chi connectivity index (χ3v) is 9.41. The number of aliphatic hydroxyl groups excluding tert-OH is 1. The number of hydrogen-bond acceptors (Lipinski definition) is 4. The Hall–Kier alpha value is -2.95. The Labute approximate surface area is 207 Å². The third kappa shape index (κ3) is 4.16. The van der Waals surface area contributed by atoms with E-state index in [-0.39, 0.29) is 30.2 Å². The van der Waals surface area contributed by atoms with Gasteiger partial charge in [-0.25, -0.2) is 26.3 Å². The predicted octanol–water partition coefficient (Wildman–Crippen LogP) is 4.33. The van der Waals surface area contributed by atoms with Gasteiger partial charge in [0.25, 0.3) is 0 Å². The number of nitrogens with zero attached hydrogens (tertiary/aromatic N) is 3. The van der Waals surface area contributed by atoms with Crippen LogP contribution in [0.2, 0.25) is 0 Å². The molecule has 2 atom stereocenters. The van der Waals surface area contributed by atoms with Crippen LogP contribution in [-0.4, -0.2) is 47.3 Å². The highest BCUT2D eigenvalue weighted by molar-refractivity contribution is 7.89. The van der Waals surface area contributed by atoms with Crippen molar-refractivity contribution in [1.82, 2.24) is 14.1 Å². The highest BCUT2D eigenvalue weighted by atomic mass is 32.2. The minimum atomic E-state index is -4.29. The first kappa shape index (κ1) is 24.7. The van der Waals surface area contributed by atoms with Crippen molar-refractivity contribution < 1.29 is 26.7 Å². The van der Waals surface area contributed by atoms with E-state index in [9.17, 15) is 26.7 Å². The monoisotopic (exact) mass is 517 g/mol. The maximum Gasteiger partial charge on any atom is 0.246 e. The molecule has 5 rings (SSSR count). The molecule has 3 aromatic rings. The van der Waals surface area contributed by atoms with Crippen LogP contribution in [-0.2, 0) is 16.4 Å². The summed E-state index contributed by atoms with van der Waals surface area (Å²) < 4.78 is 70.6. The Morgan fingerprint density at radius 3 is 2.56 bits per heavy atom. The van der Waals surface area contributed by atoms with Crippen molar-refractivity contribution in [3.63, 3.8) is 0 Å². The van der Waals surface area contributed by atoms with Gasteiger partial charge < -0.3 is 5.11 Å². The van der Waals surface area contributed by atoms with Gasteiger partial charge in [0.15, 0.2) is 0 Å². The van der Waals surface area contributed by atoms with Crippen LogP contribution in [0, 0.1) is 28.8 Å². The van der Waals surface area contributed by atoms with Crippen molar-refractivity contribution in [3.05, 3.63) is 82.9 Å². The molecule has 0 radical (unpaired) electrons. The van der Waals surface area contributed by atoms with Crippen LogP contribution in [0.4, 0.5) is 13.2 Å². The van der Waals surface area contributed by atoms with E-state index < -0.39 is 33.2 Å². The standard InChI is InChI=1S/C26H26F3N3O3S/c1-26-14-17-15-30-32(22-7-4-20(27)5-8-22)24(17)12-18(26)2-3-19(26)16-31(10-11-33)36(34,35)25-9-6-21(28)13-23(25)29/h4-9,12-13,15,19,33H,2-3,10-11,14,16H2,1H3/t19-,26+/m1/s1. The number of fused-ring (bicyclic) bond motifs is 2. The maximum atomic E-state index is 14.4. The van der Waals surface area contributed by atoms with Crippen LogP contribution < -0.4 is 0 Å². The van der Waals surface area contributed by atoms with E-state index in [1.807, 2.05) is 0 Å². The fraction of sp³-hybridized carbons (Fsp3) is 0.346. The molecule has 0 saturated heterocycles. The first-order valence-electron chi connectivity index (χ1n) is 11.7. The van der Waals surface area contributed by atoms with Crippen LogP contribution >= 0.6 is 0 Å². The summed E-state index contributed by atoms with van der Waals surface area (Å²) in [5.74, 6) is -2.44. The fourth-order valence-corrected chi connectivity index (χ4v) is 7.03. The van der Waals surface area contributed by atoms with Gasteiger partial charge in [-0.3, -0.25) is 0 Å². The summed E-state index contributed by atoms with van der Waals surface area (Å²) in [6.07, 6.45) is 5.98. The van der Waals surface area contributed by atoms with Crippen molar-refractivity contribution in [1.29, 1.82) is 0 Å². The molecule has 6 nitrogen and oxygen atoms in total. The number of aromatic nitrogens is 2. The lowest BCUT2D eigenvalue weighted by Gasteiger charge is -2.38. The second-order valence-corrected chi connectivity index (χ2v) is 11.5. The molecule has 1 saturated carbocycles. The van der Waals surface area contributed by atoms with E-state index in [2.05, 4.69) is 18.1 Å². The Morgan fingerprint density at radius 2 is 1.86 bits per heavy atom. The molecule has 36 heavy (non-hydrogen) atoms. The Morgan fingerprint density at radius 1 is 1.14 bits per heavy atom. The van der Waals surface area contributed by atoms with E-state index >= 15 is 0 Å². The second-order valence-electron chi connectivity index (χ2n) is 9.60. The minimum absolute atomic E-state index is 0.0871. The van der Waals surface area contributed by atoms with Crippen molar-refractivity contribution in [2.24, 2.45) is 11.3 Å². The molecule has 10 heteroatoms. The smallest absolute Gasteiger partial charge is 0.246 e.